The van der Waals surface area contributed by atoms with Gasteiger partial charge in [-0.3, -0.25) is 4.79 Å². The van der Waals surface area contributed by atoms with Gasteiger partial charge in [-0.05, 0) is 52.8 Å². The Labute approximate surface area is 183 Å². The van der Waals surface area contributed by atoms with Crippen LogP contribution in [0.5, 0.6) is 5.75 Å². The lowest BCUT2D eigenvalue weighted by molar-refractivity contribution is -0.136. The highest BCUT2D eigenvalue weighted by molar-refractivity contribution is 5.91. The average molecular weight is 417 g/mol. The van der Waals surface area contributed by atoms with Gasteiger partial charge >= 0.3 is 0 Å². The molecule has 3 aromatic carbocycles. The van der Waals surface area contributed by atoms with Crippen LogP contribution >= 0.6 is 0 Å². The first-order chi connectivity index (χ1) is 14.9. The number of hydrazone groups is 1. The van der Waals surface area contributed by atoms with Crippen LogP contribution in [0.1, 0.15) is 47.6 Å². The number of amides is 1. The highest BCUT2D eigenvalue weighted by atomic mass is 16.5. The second kappa shape index (κ2) is 9.58. The number of rotatable bonds is 7. The number of methoxy groups -OCH3 is 1. The van der Waals surface area contributed by atoms with Gasteiger partial charge in [0, 0.05) is 0 Å². The van der Waals surface area contributed by atoms with Crippen molar-refractivity contribution in [2.24, 2.45) is 5.10 Å². The van der Waals surface area contributed by atoms with Crippen LogP contribution in [0.3, 0.4) is 0 Å². The molecule has 160 valence electrons. The highest BCUT2D eigenvalue weighted by Gasteiger charge is 2.39. The maximum Gasteiger partial charge on any atom is 0.281 e. The lowest BCUT2D eigenvalue weighted by atomic mass is 9.85. The van der Waals surface area contributed by atoms with Crippen LogP contribution in [-0.4, -0.2) is 24.3 Å². The van der Waals surface area contributed by atoms with Gasteiger partial charge in [0.05, 0.1) is 13.3 Å². The summed E-state index contributed by atoms with van der Waals surface area (Å²) in [6, 6.07) is 21.7. The number of ether oxygens (including phenoxy) is 1. The first-order valence-electron chi connectivity index (χ1n) is 10.2. The fraction of sp³-hybridized carbons (Fsp3) is 0.231. The number of aliphatic hydroxyl groups is 1. The van der Waals surface area contributed by atoms with Gasteiger partial charge in [-0.1, -0.05) is 74.5 Å². The number of hydrogen-bond donors (Lipinski definition) is 2. The van der Waals surface area contributed by atoms with E-state index in [1.165, 1.54) is 0 Å². The summed E-state index contributed by atoms with van der Waals surface area (Å²) in [5, 5.41) is 15.6. The fourth-order valence-electron chi connectivity index (χ4n) is 3.51. The summed E-state index contributed by atoms with van der Waals surface area (Å²) in [6.07, 6.45) is 1.59. The van der Waals surface area contributed by atoms with Crippen molar-refractivity contribution in [1.82, 2.24) is 5.43 Å². The molecule has 0 aliphatic rings. The van der Waals surface area contributed by atoms with E-state index in [9.17, 15) is 9.90 Å². The molecule has 2 N–H and O–H groups in total. The van der Waals surface area contributed by atoms with Crippen LogP contribution in [0.15, 0.2) is 77.9 Å². The molecule has 31 heavy (non-hydrogen) atoms. The summed E-state index contributed by atoms with van der Waals surface area (Å²) in [7, 11) is 1.66. The average Bonchev–Trinajstić information content (AvgIpc) is 2.80. The van der Waals surface area contributed by atoms with Crippen molar-refractivity contribution in [2.45, 2.75) is 32.3 Å². The first kappa shape index (κ1) is 22.2. The van der Waals surface area contributed by atoms with Gasteiger partial charge in [-0.15, -0.1) is 0 Å². The summed E-state index contributed by atoms with van der Waals surface area (Å²) in [5.74, 6) is 0.478. The normalized spacial score (nSPS) is 11.7. The Kier molecular flexibility index (Phi) is 6.88. The second-order valence-corrected chi connectivity index (χ2v) is 7.75. The van der Waals surface area contributed by atoms with Crippen molar-refractivity contribution in [2.75, 3.05) is 7.11 Å². The molecule has 0 bridgehead atoms. The third kappa shape index (κ3) is 4.67. The SMILES string of the molecule is COc1cc(C)c(C=NNC(=O)C(O)(c2ccccc2)c2ccccc2)cc1C(C)C. The van der Waals surface area contributed by atoms with Crippen molar-refractivity contribution in [3.05, 3.63) is 101 Å². The molecule has 0 saturated heterocycles. The van der Waals surface area contributed by atoms with Crippen molar-refractivity contribution < 1.29 is 14.6 Å². The molecule has 0 saturated carbocycles. The van der Waals surface area contributed by atoms with E-state index >= 15 is 0 Å². The van der Waals surface area contributed by atoms with E-state index in [1.54, 1.807) is 61.9 Å². The molecule has 0 spiro atoms. The molecule has 3 rings (SSSR count). The molecule has 0 radical (unpaired) electrons. The second-order valence-electron chi connectivity index (χ2n) is 7.75. The van der Waals surface area contributed by atoms with Gasteiger partial charge in [0.2, 0.25) is 0 Å². The summed E-state index contributed by atoms with van der Waals surface area (Å²) in [4.78, 5) is 13.1. The van der Waals surface area contributed by atoms with Crippen LogP contribution in [0.2, 0.25) is 0 Å². The highest BCUT2D eigenvalue weighted by Crippen LogP contribution is 2.30. The molecule has 0 atom stereocenters. The Bertz CT molecular complexity index is 1020. The van der Waals surface area contributed by atoms with Gasteiger partial charge in [0.1, 0.15) is 5.75 Å². The molecule has 0 heterocycles. The van der Waals surface area contributed by atoms with E-state index in [-0.39, 0.29) is 5.92 Å². The number of nitrogens with one attached hydrogen (secondary N) is 1. The summed E-state index contributed by atoms with van der Waals surface area (Å²) in [6.45, 7) is 6.14. The molecule has 1 amide bonds. The molecule has 5 heteroatoms. The zero-order valence-corrected chi connectivity index (χ0v) is 18.3. The predicted molar refractivity (Wildman–Crippen MR) is 123 cm³/mol. The molecule has 3 aromatic rings. The summed E-state index contributed by atoms with van der Waals surface area (Å²) >= 11 is 0. The minimum absolute atomic E-state index is 0.276. The van der Waals surface area contributed by atoms with Crippen molar-refractivity contribution in [3.63, 3.8) is 0 Å². The quantitative estimate of drug-likeness (QED) is 0.440. The molecule has 5 nitrogen and oxygen atoms in total. The third-order valence-electron chi connectivity index (χ3n) is 5.32. The smallest absolute Gasteiger partial charge is 0.281 e. The Hall–Kier alpha value is -3.44. The monoisotopic (exact) mass is 416 g/mol. The fourth-order valence-corrected chi connectivity index (χ4v) is 3.51. The number of nitrogens with zero attached hydrogens (tertiary/aromatic N) is 1. The third-order valence-corrected chi connectivity index (χ3v) is 5.32. The number of carbonyl (C=O) groups is 1. The van der Waals surface area contributed by atoms with Gasteiger partial charge in [-0.2, -0.15) is 5.10 Å². The Morgan fingerprint density at radius 2 is 1.58 bits per heavy atom. The Morgan fingerprint density at radius 1 is 1.03 bits per heavy atom. The van der Waals surface area contributed by atoms with E-state index < -0.39 is 11.5 Å². The topological polar surface area (TPSA) is 70.9 Å². The van der Waals surface area contributed by atoms with Crippen molar-refractivity contribution in [3.8, 4) is 5.75 Å². The maximum absolute atomic E-state index is 13.1. The molecule has 0 unspecified atom stereocenters. The zero-order chi connectivity index (χ0) is 22.4. The minimum atomic E-state index is -1.86. The zero-order valence-electron chi connectivity index (χ0n) is 18.3. The summed E-state index contributed by atoms with van der Waals surface area (Å²) in [5.41, 5.74) is 4.50. The Morgan fingerprint density at radius 3 is 2.06 bits per heavy atom. The van der Waals surface area contributed by atoms with Crippen LogP contribution < -0.4 is 10.2 Å². The number of carbonyl (C=O) groups excluding carboxylic acids is 1. The number of aryl methyl sites for hydroxylation is 1. The van der Waals surface area contributed by atoms with Crippen molar-refractivity contribution >= 4 is 12.1 Å². The number of benzene rings is 3. The van der Waals surface area contributed by atoms with Crippen molar-refractivity contribution in [1.29, 1.82) is 0 Å². The van der Waals surface area contributed by atoms with E-state index in [0.717, 1.165) is 22.4 Å². The predicted octanol–water partition coefficient (Wildman–Crippen LogP) is 4.51. The minimum Gasteiger partial charge on any atom is -0.496 e. The van der Waals surface area contributed by atoms with Crippen LogP contribution in [0.4, 0.5) is 0 Å². The molecular weight excluding hydrogens is 388 g/mol. The van der Waals surface area contributed by atoms with Gasteiger partial charge in [-0.25, -0.2) is 5.43 Å². The van der Waals surface area contributed by atoms with Crippen LogP contribution in [-0.2, 0) is 10.4 Å². The standard InChI is InChI=1S/C26H28N2O3/c1-18(2)23-16-20(19(3)15-24(23)31-4)17-27-28-25(29)26(30,21-11-7-5-8-12-21)22-13-9-6-10-14-22/h5-18,30H,1-4H3,(H,28,29). The molecule has 0 aromatic heterocycles. The van der Waals surface area contributed by atoms with E-state index in [2.05, 4.69) is 24.4 Å². The molecule has 0 fully saturated rings. The van der Waals surface area contributed by atoms with Crippen LogP contribution in [0.25, 0.3) is 0 Å². The van der Waals surface area contributed by atoms with Crippen LogP contribution in [0, 0.1) is 6.92 Å². The van der Waals surface area contributed by atoms with E-state index in [0.29, 0.717) is 11.1 Å². The molecular formula is C26H28N2O3. The molecule has 0 aliphatic carbocycles. The largest absolute Gasteiger partial charge is 0.496 e. The van der Waals surface area contributed by atoms with E-state index in [4.69, 9.17) is 4.74 Å². The van der Waals surface area contributed by atoms with E-state index in [1.807, 2.05) is 31.2 Å². The number of hydrogen-bond acceptors (Lipinski definition) is 4. The summed E-state index contributed by atoms with van der Waals surface area (Å²) < 4.78 is 5.48. The van der Waals surface area contributed by atoms with Gasteiger partial charge in [0.25, 0.3) is 5.91 Å². The maximum atomic E-state index is 13.1. The van der Waals surface area contributed by atoms with Gasteiger partial charge < -0.3 is 9.84 Å². The Balaban J connectivity index is 1.91. The lowest BCUT2D eigenvalue weighted by Crippen LogP contribution is -2.43. The molecule has 0 aliphatic heterocycles. The lowest BCUT2D eigenvalue weighted by Gasteiger charge is -2.27. The first-order valence-corrected chi connectivity index (χ1v) is 10.2. The van der Waals surface area contributed by atoms with Gasteiger partial charge in [0.15, 0.2) is 5.60 Å².